The van der Waals surface area contributed by atoms with Gasteiger partial charge in [-0.2, -0.15) is 0 Å². The van der Waals surface area contributed by atoms with E-state index in [9.17, 15) is 4.79 Å². The molecular weight excluding hydrogens is 177 g/mol. The van der Waals surface area contributed by atoms with E-state index in [1.807, 2.05) is 0 Å². The lowest BCUT2D eigenvalue weighted by Gasteiger charge is -1.96. The molecule has 0 spiro atoms. The van der Waals surface area contributed by atoms with Crippen molar-refractivity contribution in [1.82, 2.24) is 5.32 Å². The number of carbonyl (C=O) groups excluding carboxylic acids is 1. The second kappa shape index (κ2) is 11.6. The van der Waals surface area contributed by atoms with Gasteiger partial charge in [0, 0.05) is 6.54 Å². The molecule has 0 saturated heterocycles. The quantitative estimate of drug-likeness (QED) is 0.541. The van der Waals surface area contributed by atoms with Crippen LogP contribution in [0.1, 0.15) is 6.42 Å². The van der Waals surface area contributed by atoms with Crippen LogP contribution in [0.5, 0.6) is 0 Å². The average molecular weight is 190 g/mol. The highest BCUT2D eigenvalue weighted by Crippen LogP contribution is 1.66. The first-order chi connectivity index (χ1) is 3.77. The zero-order chi connectivity index (χ0) is 6.41. The van der Waals surface area contributed by atoms with Crippen molar-refractivity contribution in [1.29, 1.82) is 0 Å². The lowest BCUT2D eigenvalue weighted by atomic mass is 10.4. The van der Waals surface area contributed by atoms with Crippen LogP contribution in [0, 0.1) is 0 Å². The zero-order valence-corrected chi connectivity index (χ0v) is 7.13. The normalized spacial score (nSPS) is 6.90. The minimum atomic E-state index is -0.488. The highest BCUT2D eigenvalue weighted by atomic mass is 35.5. The zero-order valence-electron chi connectivity index (χ0n) is 5.50. The van der Waals surface area contributed by atoms with E-state index in [1.54, 1.807) is 0 Å². The molecule has 0 aliphatic rings. The molecule has 0 aromatic heterocycles. The fraction of sp³-hybridized carbons (Fsp3) is 0.750. The van der Waals surface area contributed by atoms with Gasteiger partial charge >= 0.3 is 6.03 Å². The van der Waals surface area contributed by atoms with Crippen LogP contribution >= 0.6 is 24.8 Å². The first kappa shape index (κ1) is 16.4. The van der Waals surface area contributed by atoms with Gasteiger partial charge in [0.25, 0.3) is 0 Å². The summed E-state index contributed by atoms with van der Waals surface area (Å²) in [7, 11) is 0. The summed E-state index contributed by atoms with van der Waals surface area (Å²) in [5.41, 5.74) is 9.86. The smallest absolute Gasteiger partial charge is 0.312 e. The van der Waals surface area contributed by atoms with E-state index in [0.29, 0.717) is 13.1 Å². The molecule has 0 atom stereocenters. The van der Waals surface area contributed by atoms with E-state index in [4.69, 9.17) is 11.5 Å². The number of amides is 2. The number of hydrogen-bond donors (Lipinski definition) is 3. The molecule has 5 N–H and O–H groups in total. The molecule has 0 radical (unpaired) electrons. The van der Waals surface area contributed by atoms with Gasteiger partial charge in [0.1, 0.15) is 0 Å². The molecule has 2 amide bonds. The molecule has 0 unspecified atom stereocenters. The maximum absolute atomic E-state index is 9.94. The number of nitrogens with two attached hydrogens (primary N) is 2. The lowest BCUT2D eigenvalue weighted by molar-refractivity contribution is 0.249. The van der Waals surface area contributed by atoms with Crippen LogP contribution in [0.2, 0.25) is 0 Å². The molecule has 0 rings (SSSR count). The van der Waals surface area contributed by atoms with Crippen LogP contribution < -0.4 is 16.8 Å². The van der Waals surface area contributed by atoms with E-state index in [0.717, 1.165) is 6.42 Å². The summed E-state index contributed by atoms with van der Waals surface area (Å²) in [6.45, 7) is 1.16. The van der Waals surface area contributed by atoms with Crippen LogP contribution in [0.3, 0.4) is 0 Å². The van der Waals surface area contributed by atoms with Gasteiger partial charge in [-0.15, -0.1) is 24.8 Å². The summed E-state index contributed by atoms with van der Waals surface area (Å²) in [6, 6.07) is -0.488. The Hall–Kier alpha value is -0.190. The lowest BCUT2D eigenvalue weighted by Crippen LogP contribution is -2.30. The first-order valence-corrected chi connectivity index (χ1v) is 2.50. The second-order valence-corrected chi connectivity index (χ2v) is 1.43. The summed E-state index contributed by atoms with van der Waals surface area (Å²) in [5, 5.41) is 2.41. The van der Waals surface area contributed by atoms with Gasteiger partial charge in [0.15, 0.2) is 0 Å². The highest BCUT2D eigenvalue weighted by Gasteiger charge is 1.86. The van der Waals surface area contributed by atoms with Crippen LogP contribution in [0.15, 0.2) is 0 Å². The van der Waals surface area contributed by atoms with Gasteiger partial charge in [-0.25, -0.2) is 4.79 Å². The number of urea groups is 1. The Morgan fingerprint density at radius 3 is 2.20 bits per heavy atom. The molecule has 10 heavy (non-hydrogen) atoms. The van der Waals surface area contributed by atoms with Crippen molar-refractivity contribution in [2.75, 3.05) is 13.1 Å². The monoisotopic (exact) mass is 189 g/mol. The molecule has 0 fully saturated rings. The van der Waals surface area contributed by atoms with E-state index < -0.39 is 6.03 Å². The van der Waals surface area contributed by atoms with Crippen LogP contribution in [0.4, 0.5) is 4.79 Å². The number of nitrogens with one attached hydrogen (secondary N) is 1. The van der Waals surface area contributed by atoms with Crippen molar-refractivity contribution < 1.29 is 4.79 Å². The van der Waals surface area contributed by atoms with E-state index >= 15 is 0 Å². The average Bonchev–Trinajstić information content (AvgIpc) is 1.66. The number of primary amides is 1. The molecule has 0 bridgehead atoms. The summed E-state index contributed by atoms with van der Waals surface area (Å²) in [5.74, 6) is 0. The van der Waals surface area contributed by atoms with Crippen LogP contribution in [0.25, 0.3) is 0 Å². The number of halogens is 2. The molecule has 0 aromatic carbocycles. The number of hydrogen-bond acceptors (Lipinski definition) is 2. The molecule has 0 heterocycles. The van der Waals surface area contributed by atoms with Crippen LogP contribution in [-0.4, -0.2) is 19.1 Å². The summed E-state index contributed by atoms with van der Waals surface area (Å²) < 4.78 is 0. The van der Waals surface area contributed by atoms with Gasteiger partial charge in [0.2, 0.25) is 0 Å². The second-order valence-electron chi connectivity index (χ2n) is 1.43. The fourth-order valence-electron chi connectivity index (χ4n) is 0.314. The first-order valence-electron chi connectivity index (χ1n) is 2.50. The third-order valence-corrected chi connectivity index (χ3v) is 0.680. The Labute approximate surface area is 72.5 Å². The summed E-state index contributed by atoms with van der Waals surface area (Å²) in [6.07, 6.45) is 0.781. The molecule has 0 aliphatic heterocycles. The molecule has 4 nitrogen and oxygen atoms in total. The van der Waals surface area contributed by atoms with Crippen molar-refractivity contribution in [3.05, 3.63) is 0 Å². The van der Waals surface area contributed by atoms with Crippen LogP contribution in [-0.2, 0) is 0 Å². The molecule has 6 heteroatoms. The number of rotatable bonds is 3. The fourth-order valence-corrected chi connectivity index (χ4v) is 0.314. The van der Waals surface area contributed by atoms with E-state index in [1.165, 1.54) is 0 Å². The molecular formula is C4H13Cl2N3O. The number of carbonyl (C=O) groups is 1. The molecule has 0 saturated carbocycles. The predicted molar refractivity (Wildman–Crippen MR) is 45.8 cm³/mol. The van der Waals surface area contributed by atoms with Gasteiger partial charge in [-0.3, -0.25) is 0 Å². The topological polar surface area (TPSA) is 81.1 Å². The van der Waals surface area contributed by atoms with E-state index in [2.05, 4.69) is 5.32 Å². The van der Waals surface area contributed by atoms with Crippen molar-refractivity contribution in [2.24, 2.45) is 11.5 Å². The summed E-state index contributed by atoms with van der Waals surface area (Å²) in [4.78, 5) is 9.94. The highest BCUT2D eigenvalue weighted by molar-refractivity contribution is 5.85. The minimum absolute atomic E-state index is 0. The van der Waals surface area contributed by atoms with E-state index in [-0.39, 0.29) is 24.8 Å². The van der Waals surface area contributed by atoms with Crippen molar-refractivity contribution in [3.8, 4) is 0 Å². The standard InChI is InChI=1S/C4H11N3O.2ClH/c5-2-1-3-7-4(6)8;;/h1-3,5H2,(H3,6,7,8);2*1H. The Morgan fingerprint density at radius 1 is 1.40 bits per heavy atom. The summed E-state index contributed by atoms with van der Waals surface area (Å²) >= 11 is 0. The Bertz CT molecular complexity index is 80.9. The van der Waals surface area contributed by atoms with Crippen molar-refractivity contribution in [2.45, 2.75) is 6.42 Å². The van der Waals surface area contributed by atoms with Gasteiger partial charge < -0.3 is 16.8 Å². The Morgan fingerprint density at radius 2 is 1.90 bits per heavy atom. The van der Waals surface area contributed by atoms with Gasteiger partial charge in [-0.1, -0.05) is 0 Å². The molecule has 0 aromatic rings. The predicted octanol–water partition coefficient (Wildman–Crippen LogP) is -0.153. The van der Waals surface area contributed by atoms with Crippen molar-refractivity contribution >= 4 is 30.8 Å². The minimum Gasteiger partial charge on any atom is -0.352 e. The SMILES string of the molecule is Cl.Cl.NCCCNC(N)=O. The largest absolute Gasteiger partial charge is 0.352 e. The molecule has 64 valence electrons. The molecule has 0 aliphatic carbocycles. The third kappa shape index (κ3) is 15.7. The van der Waals surface area contributed by atoms with Gasteiger partial charge in [-0.05, 0) is 13.0 Å². The maximum atomic E-state index is 9.94. The Balaban J connectivity index is -0.000000245. The van der Waals surface area contributed by atoms with Crippen molar-refractivity contribution in [3.63, 3.8) is 0 Å². The third-order valence-electron chi connectivity index (χ3n) is 0.680. The van der Waals surface area contributed by atoms with Gasteiger partial charge in [0.05, 0.1) is 0 Å². The Kier molecular flexibility index (Phi) is 19.0. The maximum Gasteiger partial charge on any atom is 0.312 e.